The molecular weight excluding hydrogens is 328 g/mol. The average molecular weight is 342 g/mol. The van der Waals surface area contributed by atoms with E-state index in [0.717, 1.165) is 6.07 Å². The second-order valence-electron chi connectivity index (χ2n) is 5.29. The maximum absolute atomic E-state index is 14.4. The Morgan fingerprint density at radius 3 is 2.71 bits per heavy atom. The van der Waals surface area contributed by atoms with Crippen LogP contribution in [0.1, 0.15) is 17.2 Å². The fourth-order valence-electron chi connectivity index (χ4n) is 2.52. The Morgan fingerprint density at radius 2 is 2.08 bits per heavy atom. The summed E-state index contributed by atoms with van der Waals surface area (Å²) < 4.78 is 59.1. The van der Waals surface area contributed by atoms with Crippen LogP contribution in [0.5, 0.6) is 0 Å². The first-order chi connectivity index (χ1) is 11.4. The first kappa shape index (κ1) is 16.6. The zero-order valence-electron chi connectivity index (χ0n) is 12.4. The summed E-state index contributed by atoms with van der Waals surface area (Å²) in [5, 5.41) is 3.07. The van der Waals surface area contributed by atoms with E-state index in [-0.39, 0.29) is 17.1 Å². The molecule has 9 heteroatoms. The van der Waals surface area contributed by atoms with Gasteiger partial charge in [0, 0.05) is 30.4 Å². The molecule has 1 aliphatic heterocycles. The van der Waals surface area contributed by atoms with E-state index in [1.807, 2.05) is 0 Å². The number of hydrogen-bond donors (Lipinski definition) is 2. The lowest BCUT2D eigenvalue weighted by atomic mass is 10.0. The van der Waals surface area contributed by atoms with E-state index in [1.165, 1.54) is 12.1 Å². The molecule has 3 rings (SSSR count). The van der Waals surface area contributed by atoms with Crippen molar-refractivity contribution >= 4 is 5.95 Å². The van der Waals surface area contributed by atoms with Crippen molar-refractivity contribution in [3.8, 4) is 11.3 Å². The van der Waals surface area contributed by atoms with Gasteiger partial charge in [0.15, 0.2) is 0 Å². The summed E-state index contributed by atoms with van der Waals surface area (Å²) in [6.07, 6.45) is -4.56. The van der Waals surface area contributed by atoms with E-state index >= 15 is 0 Å². The highest BCUT2D eigenvalue weighted by atomic mass is 19.4. The number of rotatable bonds is 2. The van der Waals surface area contributed by atoms with Crippen LogP contribution in [0, 0.1) is 5.82 Å². The molecule has 1 aromatic carbocycles. The van der Waals surface area contributed by atoms with Crippen LogP contribution < -0.4 is 11.1 Å². The molecule has 24 heavy (non-hydrogen) atoms. The van der Waals surface area contributed by atoms with E-state index < -0.39 is 29.4 Å². The second-order valence-corrected chi connectivity index (χ2v) is 5.29. The minimum atomic E-state index is -4.67. The number of morpholine rings is 1. The number of nitrogen functional groups attached to an aromatic ring is 1. The number of alkyl halides is 3. The van der Waals surface area contributed by atoms with Crippen LogP contribution in [0.15, 0.2) is 24.4 Å². The SMILES string of the molecule is Nc1ncc(C(F)(F)F)c(-c2ccc(C3CNCCO3)c(F)c2)n1. The molecular formula is C15H14F4N4O. The van der Waals surface area contributed by atoms with Crippen LogP contribution in [-0.4, -0.2) is 29.7 Å². The number of hydrogen-bond acceptors (Lipinski definition) is 5. The Bertz CT molecular complexity index is 745. The number of halogens is 4. The van der Waals surface area contributed by atoms with Gasteiger partial charge in [0.05, 0.1) is 18.4 Å². The van der Waals surface area contributed by atoms with Gasteiger partial charge in [-0.15, -0.1) is 0 Å². The molecule has 0 bridgehead atoms. The van der Waals surface area contributed by atoms with Crippen LogP contribution in [0.25, 0.3) is 11.3 Å². The minimum Gasteiger partial charge on any atom is -0.371 e. The van der Waals surface area contributed by atoms with E-state index in [4.69, 9.17) is 10.5 Å². The third kappa shape index (κ3) is 3.31. The van der Waals surface area contributed by atoms with Crippen molar-refractivity contribution in [2.24, 2.45) is 0 Å². The minimum absolute atomic E-state index is 0.0264. The molecule has 0 spiro atoms. The molecule has 1 unspecified atom stereocenters. The van der Waals surface area contributed by atoms with Crippen LogP contribution in [0.2, 0.25) is 0 Å². The third-order valence-electron chi connectivity index (χ3n) is 3.66. The fraction of sp³-hybridized carbons (Fsp3) is 0.333. The number of nitrogens with zero attached hydrogens (tertiary/aromatic N) is 2. The van der Waals surface area contributed by atoms with Gasteiger partial charge in [-0.2, -0.15) is 13.2 Å². The third-order valence-corrected chi connectivity index (χ3v) is 3.66. The molecule has 1 saturated heterocycles. The molecule has 1 aliphatic rings. The van der Waals surface area contributed by atoms with Gasteiger partial charge in [0.25, 0.3) is 0 Å². The predicted octanol–water partition coefficient (Wildman–Crippen LogP) is 2.54. The maximum atomic E-state index is 14.4. The van der Waals surface area contributed by atoms with Crippen LogP contribution >= 0.6 is 0 Å². The number of anilines is 1. The summed E-state index contributed by atoms with van der Waals surface area (Å²) in [5.41, 5.74) is 4.11. The Hall–Kier alpha value is -2.26. The zero-order chi connectivity index (χ0) is 17.3. The van der Waals surface area contributed by atoms with Crippen molar-refractivity contribution in [1.29, 1.82) is 0 Å². The standard InChI is InChI=1S/C15H14F4N4O/c16-11-5-8(1-2-9(11)12-7-21-3-4-24-12)13-10(15(17,18)19)6-22-14(20)23-13/h1-2,5-6,12,21H,3-4,7H2,(H2,20,22,23). The van der Waals surface area contributed by atoms with Gasteiger partial charge in [-0.25, -0.2) is 14.4 Å². The topological polar surface area (TPSA) is 73.1 Å². The highest BCUT2D eigenvalue weighted by Gasteiger charge is 2.35. The molecule has 2 heterocycles. The molecule has 1 aromatic heterocycles. The van der Waals surface area contributed by atoms with Crippen molar-refractivity contribution in [1.82, 2.24) is 15.3 Å². The van der Waals surface area contributed by atoms with Gasteiger partial charge in [0.2, 0.25) is 5.95 Å². The first-order valence-corrected chi connectivity index (χ1v) is 7.18. The largest absolute Gasteiger partial charge is 0.419 e. The molecule has 0 saturated carbocycles. The zero-order valence-corrected chi connectivity index (χ0v) is 12.4. The van der Waals surface area contributed by atoms with Crippen molar-refractivity contribution in [2.45, 2.75) is 12.3 Å². The van der Waals surface area contributed by atoms with Crippen LogP contribution in [0.4, 0.5) is 23.5 Å². The lowest BCUT2D eigenvalue weighted by Crippen LogP contribution is -2.33. The van der Waals surface area contributed by atoms with Gasteiger partial charge in [-0.1, -0.05) is 12.1 Å². The van der Waals surface area contributed by atoms with Crippen LogP contribution in [-0.2, 0) is 10.9 Å². The lowest BCUT2D eigenvalue weighted by molar-refractivity contribution is -0.137. The molecule has 0 radical (unpaired) electrons. The summed E-state index contributed by atoms with van der Waals surface area (Å²) >= 11 is 0. The Morgan fingerprint density at radius 1 is 1.29 bits per heavy atom. The molecule has 0 amide bonds. The highest BCUT2D eigenvalue weighted by Crippen LogP contribution is 2.36. The summed E-state index contributed by atoms with van der Waals surface area (Å²) in [5.74, 6) is -0.978. The molecule has 1 fully saturated rings. The summed E-state index contributed by atoms with van der Waals surface area (Å²) in [7, 11) is 0. The van der Waals surface area contributed by atoms with Gasteiger partial charge in [-0.3, -0.25) is 0 Å². The van der Waals surface area contributed by atoms with Crippen molar-refractivity contribution in [2.75, 3.05) is 25.4 Å². The Kier molecular flexibility index (Phi) is 4.37. The molecule has 1 atom stereocenters. The van der Waals surface area contributed by atoms with E-state index in [2.05, 4.69) is 15.3 Å². The fourth-order valence-corrected chi connectivity index (χ4v) is 2.52. The number of nitrogens with two attached hydrogens (primary N) is 1. The molecule has 128 valence electrons. The smallest absolute Gasteiger partial charge is 0.371 e. The number of benzene rings is 1. The van der Waals surface area contributed by atoms with Gasteiger partial charge in [0.1, 0.15) is 11.4 Å². The lowest BCUT2D eigenvalue weighted by Gasteiger charge is -2.24. The van der Waals surface area contributed by atoms with Crippen molar-refractivity contribution in [3.63, 3.8) is 0 Å². The summed E-state index contributed by atoms with van der Waals surface area (Å²) in [6.45, 7) is 1.54. The van der Waals surface area contributed by atoms with Crippen molar-refractivity contribution in [3.05, 3.63) is 41.3 Å². The summed E-state index contributed by atoms with van der Waals surface area (Å²) in [6, 6.07) is 3.78. The van der Waals surface area contributed by atoms with Gasteiger partial charge >= 0.3 is 6.18 Å². The van der Waals surface area contributed by atoms with E-state index in [9.17, 15) is 17.6 Å². The number of nitrogens with one attached hydrogen (secondary N) is 1. The highest BCUT2D eigenvalue weighted by molar-refractivity contribution is 5.65. The monoisotopic (exact) mass is 342 g/mol. The molecule has 2 aromatic rings. The molecule has 3 N–H and O–H groups in total. The summed E-state index contributed by atoms with van der Waals surface area (Å²) in [4.78, 5) is 7.00. The first-order valence-electron chi connectivity index (χ1n) is 7.18. The molecule has 5 nitrogen and oxygen atoms in total. The predicted molar refractivity (Wildman–Crippen MR) is 78.4 cm³/mol. The number of ether oxygens (including phenoxy) is 1. The quantitative estimate of drug-likeness (QED) is 0.821. The van der Waals surface area contributed by atoms with E-state index in [1.54, 1.807) is 0 Å². The Labute approximate surface area is 134 Å². The van der Waals surface area contributed by atoms with Crippen molar-refractivity contribution < 1.29 is 22.3 Å². The number of aromatic nitrogens is 2. The van der Waals surface area contributed by atoms with E-state index in [0.29, 0.717) is 25.9 Å². The Balaban J connectivity index is 2.02. The molecule has 0 aliphatic carbocycles. The average Bonchev–Trinajstić information content (AvgIpc) is 2.54. The van der Waals surface area contributed by atoms with Gasteiger partial charge < -0.3 is 15.8 Å². The normalized spacial score (nSPS) is 18.6. The maximum Gasteiger partial charge on any atom is 0.419 e. The van der Waals surface area contributed by atoms with Gasteiger partial charge in [-0.05, 0) is 6.07 Å². The second kappa shape index (κ2) is 6.33. The van der Waals surface area contributed by atoms with Crippen LogP contribution in [0.3, 0.4) is 0 Å².